The summed E-state index contributed by atoms with van der Waals surface area (Å²) in [5.41, 5.74) is 3.82. The number of sulfonamides is 1. The van der Waals surface area contributed by atoms with Gasteiger partial charge in [0.1, 0.15) is 16.5 Å². The van der Waals surface area contributed by atoms with Gasteiger partial charge >= 0.3 is 0 Å². The van der Waals surface area contributed by atoms with E-state index in [0.717, 1.165) is 42.6 Å². The first-order valence-electron chi connectivity index (χ1n) is 11.2. The van der Waals surface area contributed by atoms with Gasteiger partial charge in [0.05, 0.1) is 11.8 Å². The van der Waals surface area contributed by atoms with Crippen LogP contribution in [-0.4, -0.2) is 39.6 Å². The second kappa shape index (κ2) is 11.2. The molecule has 0 aromatic heterocycles. The fraction of sp³-hybridized carbons (Fsp3) is 0.308. The molecule has 0 amide bonds. The van der Waals surface area contributed by atoms with Gasteiger partial charge in [-0.15, -0.1) is 12.4 Å². The molecule has 3 aromatic carbocycles. The van der Waals surface area contributed by atoms with Crippen molar-refractivity contribution in [3.63, 3.8) is 0 Å². The molecule has 5 nitrogen and oxygen atoms in total. The van der Waals surface area contributed by atoms with Gasteiger partial charge in [-0.25, -0.2) is 12.8 Å². The van der Waals surface area contributed by atoms with Gasteiger partial charge in [0.25, 0.3) is 10.0 Å². The third-order valence-corrected chi connectivity index (χ3v) is 7.48. The Bertz CT molecular complexity index is 1300. The molecular formula is C26H29Cl2FN2O3S. The molecule has 0 atom stereocenters. The summed E-state index contributed by atoms with van der Waals surface area (Å²) < 4.78 is 49.9. The lowest BCUT2D eigenvalue weighted by Crippen LogP contribution is -2.20. The number of nitrogens with one attached hydrogen (secondary N) is 1. The molecule has 35 heavy (non-hydrogen) atoms. The number of anilines is 1. The van der Waals surface area contributed by atoms with Crippen LogP contribution in [0.5, 0.6) is 5.75 Å². The number of ether oxygens (including phenoxy) is 1. The molecule has 1 aliphatic heterocycles. The minimum Gasteiger partial charge on any atom is -0.489 e. The third kappa shape index (κ3) is 6.47. The van der Waals surface area contributed by atoms with Gasteiger partial charge in [0.2, 0.25) is 0 Å². The van der Waals surface area contributed by atoms with Crippen molar-refractivity contribution in [1.82, 2.24) is 4.90 Å². The molecule has 4 rings (SSSR count). The lowest BCUT2D eigenvalue weighted by atomic mass is 10.0. The summed E-state index contributed by atoms with van der Waals surface area (Å²) >= 11 is 5.92. The van der Waals surface area contributed by atoms with Crippen LogP contribution in [0.3, 0.4) is 0 Å². The number of fused-ring (bicyclic) bond motifs is 1. The number of hydrogen-bond donors (Lipinski definition) is 1. The zero-order valence-electron chi connectivity index (χ0n) is 19.8. The molecule has 0 unspecified atom stereocenters. The maximum absolute atomic E-state index is 15.0. The van der Waals surface area contributed by atoms with E-state index in [2.05, 4.69) is 16.7 Å². The van der Waals surface area contributed by atoms with Crippen molar-refractivity contribution < 1.29 is 17.5 Å². The Morgan fingerprint density at radius 1 is 0.971 bits per heavy atom. The monoisotopic (exact) mass is 538 g/mol. The summed E-state index contributed by atoms with van der Waals surface area (Å²) in [4.78, 5) is 1.82. The quantitative estimate of drug-likeness (QED) is 0.406. The van der Waals surface area contributed by atoms with Crippen LogP contribution in [0.25, 0.3) is 11.1 Å². The summed E-state index contributed by atoms with van der Waals surface area (Å²) in [7, 11) is -2.12. The lowest BCUT2D eigenvalue weighted by Gasteiger charge is -2.19. The molecule has 0 saturated carbocycles. The molecule has 1 heterocycles. The predicted molar refractivity (Wildman–Crippen MR) is 142 cm³/mol. The molecule has 0 radical (unpaired) electrons. The Morgan fingerprint density at radius 3 is 2.17 bits per heavy atom. The smallest absolute Gasteiger partial charge is 0.264 e. The van der Waals surface area contributed by atoms with Crippen LogP contribution in [0.4, 0.5) is 10.1 Å². The van der Waals surface area contributed by atoms with Crippen LogP contribution in [0, 0.1) is 5.82 Å². The summed E-state index contributed by atoms with van der Waals surface area (Å²) in [6, 6.07) is 14.7. The Labute approximate surface area is 217 Å². The molecule has 0 spiro atoms. The van der Waals surface area contributed by atoms with Gasteiger partial charge in [-0.2, -0.15) is 0 Å². The Balaban J connectivity index is 0.00000342. The molecule has 1 aliphatic rings. The summed E-state index contributed by atoms with van der Waals surface area (Å²) in [6.45, 7) is 5.56. The van der Waals surface area contributed by atoms with Crippen LogP contribution in [0.1, 0.15) is 25.0 Å². The maximum Gasteiger partial charge on any atom is 0.264 e. The Morgan fingerprint density at radius 2 is 1.57 bits per heavy atom. The highest BCUT2D eigenvalue weighted by atomic mass is 35.5. The minimum atomic E-state index is -4.19. The van der Waals surface area contributed by atoms with Crippen molar-refractivity contribution in [3.8, 4) is 16.9 Å². The van der Waals surface area contributed by atoms with Crippen molar-refractivity contribution >= 4 is 39.7 Å². The number of nitrogens with zero attached hydrogens (tertiary/aromatic N) is 1. The van der Waals surface area contributed by atoms with Crippen molar-refractivity contribution in [2.75, 3.05) is 24.9 Å². The van der Waals surface area contributed by atoms with E-state index >= 15 is 4.39 Å². The van der Waals surface area contributed by atoms with Gasteiger partial charge in [0, 0.05) is 18.1 Å². The highest BCUT2D eigenvalue weighted by Crippen LogP contribution is 2.34. The van der Waals surface area contributed by atoms with E-state index in [1.807, 2.05) is 26.0 Å². The maximum atomic E-state index is 15.0. The zero-order valence-corrected chi connectivity index (χ0v) is 22.2. The van der Waals surface area contributed by atoms with Gasteiger partial charge in [0.15, 0.2) is 0 Å². The third-order valence-electron chi connectivity index (χ3n) is 5.83. The van der Waals surface area contributed by atoms with E-state index in [4.69, 9.17) is 16.3 Å². The van der Waals surface area contributed by atoms with Gasteiger partial charge in [-0.3, -0.25) is 4.72 Å². The lowest BCUT2D eigenvalue weighted by molar-refractivity contribution is 0.243. The SMILES string of the molecule is CC(C)Oc1cc2c(cc1NS(=O)(=O)c1ccc(-c3ccc(Cl)cc3)cc1F)CCN(C)CC2.Cl. The zero-order chi connectivity index (χ0) is 24.5. The van der Waals surface area contributed by atoms with E-state index < -0.39 is 20.7 Å². The molecule has 0 fully saturated rings. The number of likely N-dealkylation sites (N-methyl/N-ethyl adjacent to an activating group) is 1. The standard InChI is InChI=1S/C26H28ClFN2O3S.ClH/c1-17(2)33-25-16-21-11-13-30(3)12-10-20(21)15-24(25)29-34(31,32)26-9-6-19(14-23(26)28)18-4-7-22(27)8-5-18;/h4-9,14-17,29H,10-13H2,1-3H3;1H. The van der Waals surface area contributed by atoms with Crippen LogP contribution < -0.4 is 9.46 Å². The molecule has 188 valence electrons. The Kier molecular flexibility index (Phi) is 8.70. The highest BCUT2D eigenvalue weighted by Gasteiger charge is 2.24. The van der Waals surface area contributed by atoms with Crippen LogP contribution >= 0.6 is 24.0 Å². The van der Waals surface area contributed by atoms with Crippen molar-refractivity contribution in [1.29, 1.82) is 0 Å². The van der Waals surface area contributed by atoms with E-state index in [9.17, 15) is 8.42 Å². The Hall–Kier alpha value is -2.32. The van der Waals surface area contributed by atoms with E-state index in [0.29, 0.717) is 22.0 Å². The summed E-state index contributed by atoms with van der Waals surface area (Å²) in [6.07, 6.45) is 1.51. The second-order valence-electron chi connectivity index (χ2n) is 8.84. The fourth-order valence-corrected chi connectivity index (χ4v) is 5.29. The highest BCUT2D eigenvalue weighted by molar-refractivity contribution is 7.92. The first kappa shape index (κ1) is 27.3. The second-order valence-corrected chi connectivity index (χ2v) is 10.9. The number of rotatable bonds is 6. The normalized spacial score (nSPS) is 14.1. The van der Waals surface area contributed by atoms with Crippen molar-refractivity contribution in [3.05, 3.63) is 76.6 Å². The average molecular weight is 540 g/mol. The van der Waals surface area contributed by atoms with Gasteiger partial charge in [-0.05, 0) is 92.4 Å². The van der Waals surface area contributed by atoms with E-state index in [1.54, 1.807) is 30.3 Å². The van der Waals surface area contributed by atoms with Crippen LogP contribution in [0.2, 0.25) is 5.02 Å². The van der Waals surface area contributed by atoms with Crippen LogP contribution in [0.15, 0.2) is 59.5 Å². The molecule has 3 aromatic rings. The first-order valence-corrected chi connectivity index (χ1v) is 13.1. The molecular weight excluding hydrogens is 510 g/mol. The van der Waals surface area contributed by atoms with Crippen molar-refractivity contribution in [2.45, 2.75) is 37.7 Å². The van der Waals surface area contributed by atoms with Gasteiger partial charge in [-0.1, -0.05) is 29.8 Å². The molecule has 0 bridgehead atoms. The molecule has 0 saturated heterocycles. The van der Waals surface area contributed by atoms with Crippen LogP contribution in [-0.2, 0) is 22.9 Å². The van der Waals surface area contributed by atoms with E-state index in [1.165, 1.54) is 12.1 Å². The van der Waals surface area contributed by atoms with E-state index in [-0.39, 0.29) is 18.5 Å². The minimum absolute atomic E-state index is 0. The number of hydrogen-bond acceptors (Lipinski definition) is 4. The topological polar surface area (TPSA) is 58.6 Å². The molecule has 0 aliphatic carbocycles. The largest absolute Gasteiger partial charge is 0.489 e. The first-order chi connectivity index (χ1) is 16.1. The summed E-state index contributed by atoms with van der Waals surface area (Å²) in [5, 5.41) is 0.569. The fourth-order valence-electron chi connectivity index (χ4n) is 4.04. The van der Waals surface area contributed by atoms with Crippen molar-refractivity contribution in [2.24, 2.45) is 0 Å². The average Bonchev–Trinajstić information content (AvgIpc) is 2.95. The predicted octanol–water partition coefficient (Wildman–Crippen LogP) is 6.19. The number of benzene rings is 3. The molecule has 1 N–H and O–H groups in total. The number of halogens is 3. The molecule has 9 heteroatoms. The van der Waals surface area contributed by atoms with Gasteiger partial charge < -0.3 is 9.64 Å². The summed E-state index contributed by atoms with van der Waals surface area (Å²) in [5.74, 6) is -0.386.